The smallest absolute Gasteiger partial charge is 0.297 e. The molecule has 0 saturated carbocycles. The van der Waals surface area contributed by atoms with E-state index in [1.807, 2.05) is 11.6 Å². The Hall–Kier alpha value is -1.89. The highest BCUT2D eigenvalue weighted by atomic mass is 16.4. The third-order valence-electron chi connectivity index (χ3n) is 2.81. The van der Waals surface area contributed by atoms with Crippen LogP contribution in [0, 0.1) is 0 Å². The minimum atomic E-state index is 0.657. The van der Waals surface area contributed by atoms with E-state index in [9.17, 15) is 0 Å². The van der Waals surface area contributed by atoms with E-state index in [4.69, 9.17) is 4.42 Å². The van der Waals surface area contributed by atoms with Gasteiger partial charge in [0.15, 0.2) is 5.82 Å². The number of fused-ring (bicyclic) bond motifs is 1. The van der Waals surface area contributed by atoms with Crippen LogP contribution in [-0.2, 0) is 19.6 Å². The number of anilines is 1. The summed E-state index contributed by atoms with van der Waals surface area (Å²) in [4.78, 5) is 6.49. The highest BCUT2D eigenvalue weighted by Crippen LogP contribution is 2.18. The second kappa shape index (κ2) is 4.17. The van der Waals surface area contributed by atoms with Crippen molar-refractivity contribution >= 4 is 6.01 Å². The molecule has 7 heteroatoms. The van der Waals surface area contributed by atoms with E-state index < -0.39 is 0 Å². The fraction of sp³-hybridized carbons (Fsp3) is 0.500. The van der Waals surface area contributed by atoms with Crippen LogP contribution in [-0.4, -0.2) is 33.3 Å². The first kappa shape index (κ1) is 10.3. The average molecular weight is 234 g/mol. The molecule has 0 bridgehead atoms. The Morgan fingerprint density at radius 2 is 2.41 bits per heavy atom. The van der Waals surface area contributed by atoms with Crippen molar-refractivity contribution in [2.24, 2.45) is 0 Å². The van der Waals surface area contributed by atoms with Crippen molar-refractivity contribution in [1.29, 1.82) is 0 Å². The van der Waals surface area contributed by atoms with Gasteiger partial charge in [0.25, 0.3) is 6.01 Å². The van der Waals surface area contributed by atoms with Gasteiger partial charge in [-0.15, -0.1) is 10.2 Å². The Labute approximate surface area is 98.5 Å². The molecule has 0 aliphatic carbocycles. The molecular formula is C10H14N6O. The Morgan fingerprint density at radius 1 is 1.47 bits per heavy atom. The third-order valence-corrected chi connectivity index (χ3v) is 2.81. The summed E-state index contributed by atoms with van der Waals surface area (Å²) in [5, 5.41) is 11.0. The van der Waals surface area contributed by atoms with E-state index in [1.165, 1.54) is 0 Å². The fourth-order valence-electron chi connectivity index (χ4n) is 1.93. The van der Waals surface area contributed by atoms with Crippen molar-refractivity contribution in [1.82, 2.24) is 25.1 Å². The fourth-order valence-corrected chi connectivity index (χ4v) is 1.93. The molecular weight excluding hydrogens is 220 g/mol. The van der Waals surface area contributed by atoms with E-state index in [1.54, 1.807) is 12.6 Å². The summed E-state index contributed by atoms with van der Waals surface area (Å²) in [6.07, 6.45) is 3.44. The molecule has 2 aromatic heterocycles. The molecule has 0 unspecified atom stereocenters. The lowest BCUT2D eigenvalue weighted by atomic mass is 10.4. The summed E-state index contributed by atoms with van der Waals surface area (Å²) in [7, 11) is 1.89. The van der Waals surface area contributed by atoms with Crippen molar-refractivity contribution in [2.75, 3.05) is 18.5 Å². The summed E-state index contributed by atoms with van der Waals surface area (Å²) in [5.41, 5.74) is 0.912. The molecule has 0 aromatic carbocycles. The van der Waals surface area contributed by atoms with Gasteiger partial charge >= 0.3 is 0 Å². The molecule has 0 fully saturated rings. The van der Waals surface area contributed by atoms with Crippen molar-refractivity contribution in [3.8, 4) is 0 Å². The van der Waals surface area contributed by atoms with Crippen LogP contribution in [0.15, 0.2) is 17.0 Å². The topological polar surface area (TPSA) is 72.0 Å². The van der Waals surface area contributed by atoms with Crippen molar-refractivity contribution in [2.45, 2.75) is 19.6 Å². The molecule has 7 nitrogen and oxygen atoms in total. The zero-order valence-corrected chi connectivity index (χ0v) is 9.63. The quantitative estimate of drug-likeness (QED) is 0.806. The molecule has 0 saturated heterocycles. The maximum Gasteiger partial charge on any atom is 0.297 e. The molecule has 3 rings (SSSR count). The largest absolute Gasteiger partial charge is 0.432 e. The second-order valence-corrected chi connectivity index (χ2v) is 4.01. The number of oxazole rings is 1. The van der Waals surface area contributed by atoms with E-state index in [-0.39, 0.29) is 0 Å². The van der Waals surface area contributed by atoms with E-state index in [2.05, 4.69) is 25.4 Å². The van der Waals surface area contributed by atoms with E-state index in [0.717, 1.165) is 24.6 Å². The first-order chi connectivity index (χ1) is 8.36. The second-order valence-electron chi connectivity index (χ2n) is 4.01. The van der Waals surface area contributed by atoms with Gasteiger partial charge in [-0.05, 0) is 7.05 Å². The molecule has 0 atom stereocenters. The lowest BCUT2D eigenvalue weighted by Crippen LogP contribution is -2.33. The molecule has 1 N–H and O–H groups in total. The molecule has 1 aliphatic rings. The molecule has 0 radical (unpaired) electrons. The van der Waals surface area contributed by atoms with Crippen LogP contribution in [0.3, 0.4) is 0 Å². The van der Waals surface area contributed by atoms with Crippen LogP contribution >= 0.6 is 0 Å². The van der Waals surface area contributed by atoms with Crippen LogP contribution in [0.2, 0.25) is 0 Å². The van der Waals surface area contributed by atoms with Crippen LogP contribution < -0.4 is 10.2 Å². The highest BCUT2D eigenvalue weighted by Gasteiger charge is 2.21. The zero-order valence-electron chi connectivity index (χ0n) is 9.63. The Balaban J connectivity index is 1.77. The minimum Gasteiger partial charge on any atom is -0.432 e. The van der Waals surface area contributed by atoms with Gasteiger partial charge in [0.05, 0.1) is 12.2 Å². The van der Waals surface area contributed by atoms with Crippen molar-refractivity contribution < 1.29 is 4.42 Å². The highest BCUT2D eigenvalue weighted by molar-refractivity contribution is 5.28. The molecule has 3 heterocycles. The van der Waals surface area contributed by atoms with Crippen LogP contribution in [0.25, 0.3) is 0 Å². The molecule has 0 spiro atoms. The maximum absolute atomic E-state index is 5.47. The first-order valence-electron chi connectivity index (χ1n) is 5.57. The van der Waals surface area contributed by atoms with Gasteiger partial charge in [-0.2, -0.15) is 4.98 Å². The average Bonchev–Trinajstić information content (AvgIpc) is 2.96. The predicted molar refractivity (Wildman–Crippen MR) is 60.3 cm³/mol. The van der Waals surface area contributed by atoms with Crippen LogP contribution in [0.4, 0.5) is 6.01 Å². The summed E-state index contributed by atoms with van der Waals surface area (Å²) in [5.74, 6) is 0.949. The number of hydrogen-bond acceptors (Lipinski definition) is 6. The number of aromatic nitrogens is 4. The number of rotatable bonds is 3. The number of hydrogen-bond donors (Lipinski definition) is 1. The van der Waals surface area contributed by atoms with Gasteiger partial charge in [0, 0.05) is 19.6 Å². The molecule has 0 amide bonds. The lowest BCUT2D eigenvalue weighted by molar-refractivity contribution is 0.484. The standard InChI is InChI=1S/C10H14N6O/c1-11-4-8-6-17-10(13-8)15-2-3-16-7-12-14-9(16)5-15/h6-7,11H,2-5H2,1H3. The third kappa shape index (κ3) is 1.89. The first-order valence-corrected chi connectivity index (χ1v) is 5.57. The van der Waals surface area contributed by atoms with Crippen LogP contribution in [0.5, 0.6) is 0 Å². The Bertz CT molecular complexity index is 504. The lowest BCUT2D eigenvalue weighted by Gasteiger charge is -2.25. The van der Waals surface area contributed by atoms with Gasteiger partial charge in [-0.1, -0.05) is 0 Å². The monoisotopic (exact) mass is 234 g/mol. The van der Waals surface area contributed by atoms with Gasteiger partial charge in [-0.25, -0.2) is 0 Å². The molecule has 90 valence electrons. The predicted octanol–water partition coefficient (Wildman–Crippen LogP) is 0.00570. The normalized spacial score (nSPS) is 15.0. The van der Waals surface area contributed by atoms with E-state index in [0.29, 0.717) is 19.1 Å². The van der Waals surface area contributed by atoms with Crippen molar-refractivity contribution in [3.63, 3.8) is 0 Å². The number of nitrogens with one attached hydrogen (secondary N) is 1. The van der Waals surface area contributed by atoms with Crippen LogP contribution in [0.1, 0.15) is 11.5 Å². The summed E-state index contributed by atoms with van der Waals surface area (Å²) >= 11 is 0. The SMILES string of the molecule is CNCc1coc(N2CCn3cnnc3C2)n1. The molecule has 1 aliphatic heterocycles. The summed E-state index contributed by atoms with van der Waals surface area (Å²) in [6, 6.07) is 0.657. The van der Waals surface area contributed by atoms with Gasteiger partial charge < -0.3 is 19.2 Å². The summed E-state index contributed by atoms with van der Waals surface area (Å²) in [6.45, 7) is 3.14. The van der Waals surface area contributed by atoms with E-state index >= 15 is 0 Å². The minimum absolute atomic E-state index is 0.657. The van der Waals surface area contributed by atoms with Gasteiger partial charge in [0.1, 0.15) is 12.6 Å². The molecule has 2 aromatic rings. The Morgan fingerprint density at radius 3 is 3.29 bits per heavy atom. The number of nitrogens with zero attached hydrogens (tertiary/aromatic N) is 5. The van der Waals surface area contributed by atoms with Gasteiger partial charge in [0.2, 0.25) is 0 Å². The maximum atomic E-state index is 5.47. The zero-order chi connectivity index (χ0) is 11.7. The summed E-state index contributed by atoms with van der Waals surface area (Å²) < 4.78 is 7.52. The van der Waals surface area contributed by atoms with Crippen molar-refractivity contribution in [3.05, 3.63) is 24.1 Å². The molecule has 17 heavy (non-hydrogen) atoms. The Kier molecular flexibility index (Phi) is 2.52. The van der Waals surface area contributed by atoms with Gasteiger partial charge in [-0.3, -0.25) is 0 Å².